The minimum atomic E-state index is 0. The number of hydrogen-bond donors (Lipinski definition) is 2. The first-order valence-corrected chi connectivity index (χ1v) is 8.97. The molecule has 2 heterocycles. The maximum Gasteiger partial charge on any atom is 0.191 e. The van der Waals surface area contributed by atoms with Crippen LogP contribution in [-0.2, 0) is 19.5 Å². The Morgan fingerprint density at radius 1 is 1.25 bits per heavy atom. The van der Waals surface area contributed by atoms with Crippen LogP contribution < -0.4 is 10.6 Å². The van der Waals surface area contributed by atoms with Crippen LogP contribution in [0.3, 0.4) is 0 Å². The molecule has 1 saturated carbocycles. The summed E-state index contributed by atoms with van der Waals surface area (Å²) >= 11 is 0. The van der Waals surface area contributed by atoms with Gasteiger partial charge in [-0.3, -0.25) is 4.99 Å². The van der Waals surface area contributed by atoms with Crippen molar-refractivity contribution in [3.8, 4) is 0 Å². The molecule has 0 bridgehead atoms. The van der Waals surface area contributed by atoms with E-state index in [0.717, 1.165) is 43.0 Å². The van der Waals surface area contributed by atoms with Crippen molar-refractivity contribution >= 4 is 29.9 Å². The minimum absolute atomic E-state index is 0. The fourth-order valence-electron chi connectivity index (χ4n) is 3.99. The van der Waals surface area contributed by atoms with Crippen LogP contribution >= 0.6 is 24.0 Å². The summed E-state index contributed by atoms with van der Waals surface area (Å²) in [6, 6.07) is 0. The van der Waals surface area contributed by atoms with Crippen molar-refractivity contribution in [2.75, 3.05) is 13.6 Å². The van der Waals surface area contributed by atoms with Gasteiger partial charge in [0.15, 0.2) is 11.8 Å². The van der Waals surface area contributed by atoms with E-state index in [2.05, 4.69) is 44.2 Å². The van der Waals surface area contributed by atoms with E-state index in [9.17, 15) is 0 Å². The maximum atomic E-state index is 4.36. The smallest absolute Gasteiger partial charge is 0.191 e. The van der Waals surface area contributed by atoms with E-state index in [0.29, 0.717) is 12.0 Å². The molecule has 0 unspecified atom stereocenters. The number of aliphatic imine (C=N–C) groups is 1. The van der Waals surface area contributed by atoms with Crippen molar-refractivity contribution in [1.82, 2.24) is 25.4 Å². The number of aromatic nitrogens is 3. The topological polar surface area (TPSA) is 67.1 Å². The van der Waals surface area contributed by atoms with Crippen LogP contribution in [0.25, 0.3) is 0 Å². The van der Waals surface area contributed by atoms with E-state index in [1.165, 1.54) is 32.1 Å². The third-order valence-corrected chi connectivity index (χ3v) is 5.21. The fourth-order valence-corrected chi connectivity index (χ4v) is 3.99. The van der Waals surface area contributed by atoms with Gasteiger partial charge >= 0.3 is 0 Å². The fraction of sp³-hybridized carbons (Fsp3) is 0.824. The Kier molecular flexibility index (Phi) is 6.88. The molecule has 2 aliphatic rings. The molecule has 1 fully saturated rings. The van der Waals surface area contributed by atoms with E-state index < -0.39 is 0 Å². The summed E-state index contributed by atoms with van der Waals surface area (Å²) in [5.41, 5.74) is 0.474. The Balaban J connectivity index is 0.00000208. The summed E-state index contributed by atoms with van der Waals surface area (Å²) in [5.74, 6) is 3.76. The Morgan fingerprint density at radius 2 is 2.04 bits per heavy atom. The Morgan fingerprint density at radius 3 is 2.67 bits per heavy atom. The zero-order chi connectivity index (χ0) is 16.3. The third kappa shape index (κ3) is 4.40. The molecule has 24 heavy (non-hydrogen) atoms. The molecule has 7 heteroatoms. The SMILES string of the molecule is CN=C(NCc1nnc2n1CCC2)NCC1(CC(C)C)CCC1.I. The first kappa shape index (κ1) is 19.5. The lowest BCUT2D eigenvalue weighted by Crippen LogP contribution is -2.47. The van der Waals surface area contributed by atoms with E-state index in [4.69, 9.17) is 0 Å². The highest BCUT2D eigenvalue weighted by Gasteiger charge is 2.37. The predicted molar refractivity (Wildman–Crippen MR) is 108 cm³/mol. The molecular weight excluding hydrogens is 415 g/mol. The van der Waals surface area contributed by atoms with E-state index in [-0.39, 0.29) is 24.0 Å². The van der Waals surface area contributed by atoms with E-state index in [1.807, 2.05) is 7.05 Å². The third-order valence-electron chi connectivity index (χ3n) is 5.21. The van der Waals surface area contributed by atoms with Gasteiger partial charge in [-0.15, -0.1) is 34.2 Å². The zero-order valence-corrected chi connectivity index (χ0v) is 17.5. The van der Waals surface area contributed by atoms with Gasteiger partial charge in [-0.2, -0.15) is 0 Å². The van der Waals surface area contributed by atoms with Gasteiger partial charge in [0.2, 0.25) is 0 Å². The van der Waals surface area contributed by atoms with Crippen LogP contribution in [0.5, 0.6) is 0 Å². The van der Waals surface area contributed by atoms with Crippen LogP contribution in [0.15, 0.2) is 4.99 Å². The molecule has 6 nitrogen and oxygen atoms in total. The molecule has 0 amide bonds. The Hall–Kier alpha value is -0.860. The summed E-state index contributed by atoms with van der Waals surface area (Å²) < 4.78 is 2.23. The first-order chi connectivity index (χ1) is 11.1. The lowest BCUT2D eigenvalue weighted by molar-refractivity contribution is 0.104. The number of guanidine groups is 1. The molecule has 2 N–H and O–H groups in total. The standard InChI is InChI=1S/C17H30N6.HI/c1-13(2)10-17(7-5-8-17)12-20-16(18-3)19-11-15-22-21-14-6-4-9-23(14)15;/h13H,4-12H2,1-3H3,(H2,18,19,20);1H. The highest BCUT2D eigenvalue weighted by Crippen LogP contribution is 2.45. The lowest BCUT2D eigenvalue weighted by atomic mass is 9.64. The number of hydrogen-bond acceptors (Lipinski definition) is 3. The highest BCUT2D eigenvalue weighted by molar-refractivity contribution is 14.0. The molecule has 0 aromatic carbocycles. The molecule has 0 saturated heterocycles. The lowest BCUT2D eigenvalue weighted by Gasteiger charge is -2.43. The van der Waals surface area contributed by atoms with E-state index in [1.54, 1.807) is 0 Å². The molecule has 1 aliphatic heterocycles. The number of fused-ring (bicyclic) bond motifs is 1. The number of halogens is 1. The van der Waals surface area contributed by atoms with Crippen molar-refractivity contribution in [2.45, 2.75) is 65.5 Å². The Bertz CT molecular complexity index is 561. The molecule has 1 aliphatic carbocycles. The van der Waals surface area contributed by atoms with Gasteiger partial charge < -0.3 is 15.2 Å². The van der Waals surface area contributed by atoms with Gasteiger partial charge in [0.05, 0.1) is 6.54 Å². The summed E-state index contributed by atoms with van der Waals surface area (Å²) in [7, 11) is 1.83. The van der Waals surface area contributed by atoms with Crippen molar-refractivity contribution in [2.24, 2.45) is 16.3 Å². The van der Waals surface area contributed by atoms with Gasteiger partial charge in [-0.05, 0) is 37.0 Å². The number of nitrogens with zero attached hydrogens (tertiary/aromatic N) is 4. The normalized spacial score (nSPS) is 18.8. The molecule has 136 valence electrons. The van der Waals surface area contributed by atoms with Crippen LogP contribution in [0.1, 0.15) is 57.6 Å². The van der Waals surface area contributed by atoms with Crippen molar-refractivity contribution in [1.29, 1.82) is 0 Å². The predicted octanol–water partition coefficient (Wildman–Crippen LogP) is 2.72. The van der Waals surface area contributed by atoms with Crippen LogP contribution in [0, 0.1) is 11.3 Å². The summed E-state index contributed by atoms with van der Waals surface area (Å²) in [6.45, 7) is 7.38. The summed E-state index contributed by atoms with van der Waals surface area (Å²) in [4.78, 5) is 4.36. The van der Waals surface area contributed by atoms with Gasteiger partial charge in [0.1, 0.15) is 5.82 Å². The average molecular weight is 446 g/mol. The van der Waals surface area contributed by atoms with Crippen molar-refractivity contribution < 1.29 is 0 Å². The number of aryl methyl sites for hydroxylation is 1. The quantitative estimate of drug-likeness (QED) is 0.401. The first-order valence-electron chi connectivity index (χ1n) is 8.97. The average Bonchev–Trinajstić information content (AvgIpc) is 3.08. The monoisotopic (exact) mass is 446 g/mol. The number of nitrogens with one attached hydrogen (secondary N) is 2. The highest BCUT2D eigenvalue weighted by atomic mass is 127. The van der Waals surface area contributed by atoms with Crippen molar-refractivity contribution in [3.05, 3.63) is 11.6 Å². The van der Waals surface area contributed by atoms with Gasteiger partial charge in [-0.25, -0.2) is 0 Å². The van der Waals surface area contributed by atoms with Gasteiger partial charge in [-0.1, -0.05) is 20.3 Å². The molecule has 0 radical (unpaired) electrons. The largest absolute Gasteiger partial charge is 0.356 e. The molecular formula is C17H31IN6. The van der Waals surface area contributed by atoms with Crippen molar-refractivity contribution in [3.63, 3.8) is 0 Å². The van der Waals surface area contributed by atoms with Crippen LogP contribution in [-0.4, -0.2) is 34.3 Å². The number of rotatable bonds is 6. The summed E-state index contributed by atoms with van der Waals surface area (Å²) in [5, 5.41) is 15.5. The van der Waals surface area contributed by atoms with Crippen LogP contribution in [0.2, 0.25) is 0 Å². The van der Waals surface area contributed by atoms with Gasteiger partial charge in [0.25, 0.3) is 0 Å². The van der Waals surface area contributed by atoms with E-state index >= 15 is 0 Å². The maximum absolute atomic E-state index is 4.36. The summed E-state index contributed by atoms with van der Waals surface area (Å²) in [6.07, 6.45) is 7.58. The van der Waals surface area contributed by atoms with Crippen LogP contribution in [0.4, 0.5) is 0 Å². The molecule has 0 atom stereocenters. The zero-order valence-electron chi connectivity index (χ0n) is 15.1. The second-order valence-corrected chi connectivity index (χ2v) is 7.52. The second kappa shape index (κ2) is 8.49. The molecule has 0 spiro atoms. The minimum Gasteiger partial charge on any atom is -0.356 e. The molecule has 1 aromatic rings. The molecule has 3 rings (SSSR count). The van der Waals surface area contributed by atoms with Gasteiger partial charge in [0, 0.05) is 26.6 Å². The second-order valence-electron chi connectivity index (χ2n) is 7.52. The Labute approximate surface area is 162 Å². The molecule has 1 aromatic heterocycles.